The molecular weight excluding hydrogens is 435 g/mol. The predicted octanol–water partition coefficient (Wildman–Crippen LogP) is 3.87. The van der Waals surface area contributed by atoms with Crippen LogP contribution in [0, 0.1) is 12.7 Å². The van der Waals surface area contributed by atoms with Crippen molar-refractivity contribution in [3.63, 3.8) is 0 Å². The van der Waals surface area contributed by atoms with E-state index in [-0.39, 0.29) is 5.56 Å². The first-order valence-corrected chi connectivity index (χ1v) is 11.0. The number of carbonyl (C=O) groups is 1. The van der Waals surface area contributed by atoms with Crippen molar-refractivity contribution in [1.82, 2.24) is 20.0 Å². The molecule has 3 heterocycles. The fourth-order valence-corrected chi connectivity index (χ4v) is 3.87. The zero-order valence-electron chi connectivity index (χ0n) is 18.6. The molecule has 1 amide bonds. The summed E-state index contributed by atoms with van der Waals surface area (Å²) in [6.07, 6.45) is 5.24. The van der Waals surface area contributed by atoms with Crippen LogP contribution >= 0.6 is 0 Å². The van der Waals surface area contributed by atoms with E-state index in [1.165, 1.54) is 12.1 Å². The molecule has 172 valence electrons. The molecule has 1 N–H and O–H groups in total. The van der Waals surface area contributed by atoms with Crippen LogP contribution in [-0.2, 0) is 4.74 Å². The summed E-state index contributed by atoms with van der Waals surface area (Å²) in [5.74, 6) is -0.845. The molecule has 0 spiro atoms. The number of morpholine rings is 1. The van der Waals surface area contributed by atoms with Crippen LogP contribution in [-0.4, -0.2) is 52.2 Å². The van der Waals surface area contributed by atoms with Gasteiger partial charge in [0.25, 0.3) is 5.91 Å². The molecule has 8 nitrogen and oxygen atoms in total. The first kappa shape index (κ1) is 21.7. The lowest BCUT2D eigenvalue weighted by atomic mass is 10.1. The molecule has 0 saturated carbocycles. The number of hydrogen-bond donors (Lipinski definition) is 1. The maximum Gasteiger partial charge on any atom is 0.255 e. The van der Waals surface area contributed by atoms with Crippen LogP contribution in [0.1, 0.15) is 15.9 Å². The molecule has 0 bridgehead atoms. The normalized spacial score (nSPS) is 13.6. The van der Waals surface area contributed by atoms with E-state index in [0.29, 0.717) is 43.4 Å². The quantitative estimate of drug-likeness (QED) is 0.489. The second-order valence-electron chi connectivity index (χ2n) is 8.04. The van der Waals surface area contributed by atoms with Gasteiger partial charge in [-0.2, -0.15) is 0 Å². The highest BCUT2D eigenvalue weighted by molar-refractivity contribution is 6.05. The van der Waals surface area contributed by atoms with E-state index in [9.17, 15) is 9.18 Å². The Morgan fingerprint density at radius 2 is 1.97 bits per heavy atom. The van der Waals surface area contributed by atoms with Crippen LogP contribution in [0.15, 0.2) is 67.1 Å². The lowest BCUT2D eigenvalue weighted by Crippen LogP contribution is -2.36. The molecule has 2 aromatic heterocycles. The minimum absolute atomic E-state index is 0.253. The lowest BCUT2D eigenvalue weighted by molar-refractivity contribution is 0.102. The molecule has 0 atom stereocenters. The molecule has 0 radical (unpaired) electrons. The van der Waals surface area contributed by atoms with Crippen LogP contribution < -0.4 is 10.2 Å². The number of aromatic nitrogens is 4. The standard InChI is InChI=1S/C25H23FN6O2/c1-17-4-5-21(14-24(17)32-16-23(29-30-32)18-3-2-6-27-15-18)28-25(33)19-11-20(26)13-22(12-19)31-7-9-34-10-8-31/h2-6,11-16H,7-10H2,1H3,(H,28,33). The Bertz CT molecular complexity index is 1320. The monoisotopic (exact) mass is 458 g/mol. The summed E-state index contributed by atoms with van der Waals surface area (Å²) in [6, 6.07) is 13.6. The number of carbonyl (C=O) groups excluding carboxylic acids is 1. The molecule has 5 rings (SSSR count). The first-order chi connectivity index (χ1) is 16.6. The van der Waals surface area contributed by atoms with Crippen molar-refractivity contribution >= 4 is 17.3 Å². The van der Waals surface area contributed by atoms with E-state index in [1.807, 2.05) is 42.3 Å². The Balaban J connectivity index is 1.38. The number of amides is 1. The Labute approximate surface area is 196 Å². The van der Waals surface area contributed by atoms with Gasteiger partial charge in [0.1, 0.15) is 11.5 Å². The molecule has 1 aliphatic heterocycles. The Kier molecular flexibility index (Phi) is 6.01. The van der Waals surface area contributed by atoms with Crippen molar-refractivity contribution in [2.45, 2.75) is 6.92 Å². The third-order valence-corrected chi connectivity index (χ3v) is 5.69. The summed E-state index contributed by atoms with van der Waals surface area (Å²) in [6.45, 7) is 4.42. The SMILES string of the molecule is Cc1ccc(NC(=O)c2cc(F)cc(N3CCOCC3)c2)cc1-n1cc(-c2cccnc2)nn1. The fourth-order valence-electron chi connectivity index (χ4n) is 3.87. The largest absolute Gasteiger partial charge is 0.378 e. The van der Waals surface area contributed by atoms with Crippen molar-refractivity contribution in [3.8, 4) is 16.9 Å². The number of hydrogen-bond acceptors (Lipinski definition) is 6. The second-order valence-corrected chi connectivity index (χ2v) is 8.04. The van der Waals surface area contributed by atoms with E-state index in [2.05, 4.69) is 20.6 Å². The zero-order valence-corrected chi connectivity index (χ0v) is 18.6. The predicted molar refractivity (Wildman–Crippen MR) is 127 cm³/mol. The maximum absolute atomic E-state index is 14.3. The van der Waals surface area contributed by atoms with Gasteiger partial charge >= 0.3 is 0 Å². The molecule has 34 heavy (non-hydrogen) atoms. The van der Waals surface area contributed by atoms with Gasteiger partial charge in [0, 0.05) is 48.0 Å². The summed E-state index contributed by atoms with van der Waals surface area (Å²) in [5, 5.41) is 11.3. The average Bonchev–Trinajstić information content (AvgIpc) is 3.36. The van der Waals surface area contributed by atoms with E-state index in [4.69, 9.17) is 4.74 Å². The number of nitrogens with one attached hydrogen (secondary N) is 1. The molecule has 0 unspecified atom stereocenters. The minimum atomic E-state index is -0.454. The van der Waals surface area contributed by atoms with E-state index >= 15 is 0 Å². The summed E-state index contributed by atoms with van der Waals surface area (Å²) < 4.78 is 21.3. The smallest absolute Gasteiger partial charge is 0.255 e. The molecule has 1 fully saturated rings. The summed E-state index contributed by atoms with van der Waals surface area (Å²) >= 11 is 0. The van der Waals surface area contributed by atoms with Crippen molar-refractivity contribution < 1.29 is 13.9 Å². The lowest BCUT2D eigenvalue weighted by Gasteiger charge is -2.29. The van der Waals surface area contributed by atoms with Crippen molar-refractivity contribution in [2.24, 2.45) is 0 Å². The number of anilines is 2. The first-order valence-electron chi connectivity index (χ1n) is 11.0. The molecule has 4 aromatic rings. The van der Waals surface area contributed by atoms with Crippen molar-refractivity contribution in [1.29, 1.82) is 0 Å². The summed E-state index contributed by atoms with van der Waals surface area (Å²) in [4.78, 5) is 19.1. The fraction of sp³-hybridized carbons (Fsp3) is 0.200. The third kappa shape index (κ3) is 4.65. The van der Waals surface area contributed by atoms with Crippen LogP contribution in [0.25, 0.3) is 16.9 Å². The number of halogens is 1. The average molecular weight is 458 g/mol. The number of pyridine rings is 1. The maximum atomic E-state index is 14.3. The van der Waals surface area contributed by atoms with Gasteiger partial charge in [-0.1, -0.05) is 11.3 Å². The van der Waals surface area contributed by atoms with Gasteiger partial charge in [0.2, 0.25) is 0 Å². The third-order valence-electron chi connectivity index (χ3n) is 5.69. The van der Waals surface area contributed by atoms with Gasteiger partial charge in [0.15, 0.2) is 0 Å². The number of ether oxygens (including phenoxy) is 1. The zero-order chi connectivity index (χ0) is 23.5. The minimum Gasteiger partial charge on any atom is -0.378 e. The highest BCUT2D eigenvalue weighted by Crippen LogP contribution is 2.24. The van der Waals surface area contributed by atoms with Crippen molar-refractivity contribution in [3.05, 3.63) is 84.1 Å². The van der Waals surface area contributed by atoms with Crippen LogP contribution in [0.4, 0.5) is 15.8 Å². The van der Waals surface area contributed by atoms with Crippen LogP contribution in [0.2, 0.25) is 0 Å². The van der Waals surface area contributed by atoms with Gasteiger partial charge in [0.05, 0.1) is 25.1 Å². The van der Waals surface area contributed by atoms with Gasteiger partial charge in [-0.25, -0.2) is 9.07 Å². The molecular formula is C25H23FN6O2. The molecule has 2 aromatic carbocycles. The highest BCUT2D eigenvalue weighted by atomic mass is 19.1. The van der Waals surface area contributed by atoms with Crippen molar-refractivity contribution in [2.75, 3.05) is 36.5 Å². The number of nitrogens with zero attached hydrogens (tertiary/aromatic N) is 5. The molecule has 9 heteroatoms. The Hall–Kier alpha value is -4.11. The number of aryl methyl sites for hydroxylation is 1. The van der Waals surface area contributed by atoms with Gasteiger partial charge in [-0.3, -0.25) is 9.78 Å². The molecule has 1 saturated heterocycles. The van der Waals surface area contributed by atoms with Gasteiger partial charge < -0.3 is 15.0 Å². The van der Waals surface area contributed by atoms with Crippen LogP contribution in [0.5, 0.6) is 0 Å². The highest BCUT2D eigenvalue weighted by Gasteiger charge is 2.16. The number of rotatable bonds is 5. The second kappa shape index (κ2) is 9.40. The van der Waals surface area contributed by atoms with Gasteiger partial charge in [-0.15, -0.1) is 5.10 Å². The van der Waals surface area contributed by atoms with Gasteiger partial charge in [-0.05, 0) is 55.0 Å². The molecule has 1 aliphatic rings. The Morgan fingerprint density at radius 3 is 2.76 bits per heavy atom. The van der Waals surface area contributed by atoms with Crippen LogP contribution in [0.3, 0.4) is 0 Å². The summed E-state index contributed by atoms with van der Waals surface area (Å²) in [5.41, 5.74) is 4.78. The summed E-state index contributed by atoms with van der Waals surface area (Å²) in [7, 11) is 0. The van der Waals surface area contributed by atoms with E-state index in [0.717, 1.165) is 16.8 Å². The van der Waals surface area contributed by atoms with E-state index < -0.39 is 11.7 Å². The molecule has 0 aliphatic carbocycles. The Morgan fingerprint density at radius 1 is 1.12 bits per heavy atom. The topological polar surface area (TPSA) is 85.2 Å². The number of benzene rings is 2. The van der Waals surface area contributed by atoms with E-state index in [1.54, 1.807) is 29.2 Å².